The van der Waals surface area contributed by atoms with Gasteiger partial charge in [-0.05, 0) is 57.2 Å². The van der Waals surface area contributed by atoms with Crippen molar-refractivity contribution in [1.29, 1.82) is 0 Å². The standard InChI is InChI=1S/C28H35ClN8O6S/c1-2-43-27(40)18-6-4-12-37(16-18)44(41,42)19-7-3-5-17(15-19)26(39)36-13-10-28(11-14-36)9-8-20(35-28)32-25(38)21-23(30)34-24(31)22(29)33-21/h3,5,7,15,18H,2,4,6,8-14,16H2,1H3,(H4,30,31,34)(H,32,35,38). The number of esters is 1. The number of aromatic nitrogens is 2. The second kappa shape index (κ2) is 12.7. The summed E-state index contributed by atoms with van der Waals surface area (Å²) in [6.07, 6.45) is 3.50. The maximum atomic E-state index is 13.5. The molecule has 16 heteroatoms. The van der Waals surface area contributed by atoms with Crippen LogP contribution in [0.3, 0.4) is 0 Å². The van der Waals surface area contributed by atoms with Crippen LogP contribution in [-0.2, 0) is 19.6 Å². The summed E-state index contributed by atoms with van der Waals surface area (Å²) in [6.45, 7) is 3.12. The average molecular weight is 647 g/mol. The fraction of sp³-hybridized carbons (Fsp3) is 0.500. The number of ether oxygens (including phenoxy) is 1. The number of carbonyl (C=O) groups excluding carboxylic acids is 3. The first-order chi connectivity index (χ1) is 20.9. The lowest BCUT2D eigenvalue weighted by Gasteiger charge is -2.37. The van der Waals surface area contributed by atoms with E-state index in [1.165, 1.54) is 16.4 Å². The molecule has 1 aromatic carbocycles. The zero-order valence-corrected chi connectivity index (χ0v) is 25.9. The van der Waals surface area contributed by atoms with Gasteiger partial charge >= 0.3 is 5.97 Å². The predicted octanol–water partition coefficient (Wildman–Crippen LogP) is 1.86. The smallest absolute Gasteiger partial charge is 0.310 e. The Hall–Kier alpha value is -3.82. The van der Waals surface area contributed by atoms with Crippen LogP contribution in [-0.4, -0.2) is 89.5 Å². The molecule has 1 aromatic heterocycles. The van der Waals surface area contributed by atoms with Crippen LogP contribution in [0, 0.1) is 5.92 Å². The molecule has 2 saturated heterocycles. The molecule has 2 amide bonds. The molecule has 3 aliphatic rings. The number of hydrogen-bond acceptors (Lipinski definition) is 11. The molecule has 0 saturated carbocycles. The lowest BCUT2D eigenvalue weighted by molar-refractivity contribution is -0.149. The number of likely N-dealkylation sites (tertiary alicyclic amines) is 1. The molecular weight excluding hydrogens is 612 g/mol. The van der Waals surface area contributed by atoms with Gasteiger partial charge in [-0.2, -0.15) is 4.31 Å². The fourth-order valence-electron chi connectivity index (χ4n) is 5.86. The van der Waals surface area contributed by atoms with Crippen LogP contribution in [0.25, 0.3) is 0 Å². The lowest BCUT2D eigenvalue weighted by Crippen LogP contribution is -2.45. The number of amides is 2. The van der Waals surface area contributed by atoms with E-state index in [1.807, 2.05) is 0 Å². The zero-order chi connectivity index (χ0) is 31.6. The van der Waals surface area contributed by atoms with Gasteiger partial charge in [-0.1, -0.05) is 17.7 Å². The van der Waals surface area contributed by atoms with Crippen molar-refractivity contribution < 1.29 is 27.5 Å². The summed E-state index contributed by atoms with van der Waals surface area (Å²) in [7, 11) is -3.92. The van der Waals surface area contributed by atoms with E-state index in [9.17, 15) is 22.8 Å². The first kappa shape index (κ1) is 31.6. The largest absolute Gasteiger partial charge is 0.466 e. The Morgan fingerprint density at radius 3 is 2.59 bits per heavy atom. The number of amidine groups is 1. The van der Waals surface area contributed by atoms with Gasteiger partial charge in [0.1, 0.15) is 5.84 Å². The quantitative estimate of drug-likeness (QED) is 0.389. The van der Waals surface area contributed by atoms with Crippen LogP contribution >= 0.6 is 11.6 Å². The molecule has 2 aromatic rings. The third-order valence-corrected chi connectivity index (χ3v) is 10.4. The molecule has 236 valence electrons. The number of hydrogen-bond donors (Lipinski definition) is 3. The highest BCUT2D eigenvalue weighted by molar-refractivity contribution is 7.89. The van der Waals surface area contributed by atoms with Crippen LogP contribution < -0.4 is 16.8 Å². The van der Waals surface area contributed by atoms with Crippen molar-refractivity contribution in [3.05, 3.63) is 40.7 Å². The van der Waals surface area contributed by atoms with Crippen LogP contribution in [0.4, 0.5) is 11.6 Å². The van der Waals surface area contributed by atoms with Gasteiger partial charge in [0.05, 0.1) is 23.0 Å². The van der Waals surface area contributed by atoms with Gasteiger partial charge < -0.3 is 26.4 Å². The first-order valence-electron chi connectivity index (χ1n) is 14.5. The number of carbonyl (C=O) groups is 3. The fourth-order valence-corrected chi connectivity index (χ4v) is 7.56. The number of nitrogen functional groups attached to an aromatic ring is 2. The molecule has 14 nitrogen and oxygen atoms in total. The van der Waals surface area contributed by atoms with Gasteiger partial charge in [0.15, 0.2) is 22.5 Å². The minimum Gasteiger partial charge on any atom is -0.466 e. The zero-order valence-electron chi connectivity index (χ0n) is 24.3. The summed E-state index contributed by atoms with van der Waals surface area (Å²) in [6, 6.07) is 6.02. The number of rotatable bonds is 6. The summed E-state index contributed by atoms with van der Waals surface area (Å²) in [5.74, 6) is -1.49. The molecule has 2 fully saturated rings. The molecule has 1 unspecified atom stereocenters. The van der Waals surface area contributed by atoms with E-state index >= 15 is 0 Å². The molecular formula is C28H35ClN8O6S. The van der Waals surface area contributed by atoms with Gasteiger partial charge in [0.25, 0.3) is 11.8 Å². The van der Waals surface area contributed by atoms with E-state index in [-0.39, 0.29) is 52.0 Å². The van der Waals surface area contributed by atoms with E-state index in [0.29, 0.717) is 64.0 Å². The number of aliphatic imine (C=N–C) groups is 1. The normalized spacial score (nSPS) is 20.3. The minimum atomic E-state index is -3.92. The van der Waals surface area contributed by atoms with Crippen molar-refractivity contribution in [2.45, 2.75) is 55.9 Å². The third kappa shape index (κ3) is 6.49. The minimum absolute atomic E-state index is 0.00910. The van der Waals surface area contributed by atoms with E-state index in [4.69, 9.17) is 32.8 Å². The Balaban J connectivity index is 1.21. The van der Waals surface area contributed by atoms with Crippen LogP contribution in [0.5, 0.6) is 0 Å². The molecule has 0 aliphatic carbocycles. The number of benzene rings is 1. The molecule has 4 heterocycles. The second-order valence-corrected chi connectivity index (χ2v) is 13.4. The van der Waals surface area contributed by atoms with Crippen molar-refractivity contribution >= 4 is 56.9 Å². The van der Waals surface area contributed by atoms with Crippen LogP contribution in [0.2, 0.25) is 5.15 Å². The molecule has 3 aliphatic heterocycles. The highest BCUT2D eigenvalue weighted by Gasteiger charge is 2.40. The summed E-state index contributed by atoms with van der Waals surface area (Å²) in [5.41, 5.74) is 11.1. The second-order valence-electron chi connectivity index (χ2n) is 11.1. The van der Waals surface area contributed by atoms with Crippen molar-refractivity contribution in [2.24, 2.45) is 10.9 Å². The Bertz CT molecular complexity index is 1610. The molecule has 1 atom stereocenters. The van der Waals surface area contributed by atoms with Crippen molar-refractivity contribution in [3.63, 3.8) is 0 Å². The van der Waals surface area contributed by atoms with Gasteiger partial charge in [0, 0.05) is 38.2 Å². The van der Waals surface area contributed by atoms with Crippen molar-refractivity contribution in [2.75, 3.05) is 44.3 Å². The lowest BCUT2D eigenvalue weighted by atomic mass is 9.86. The Morgan fingerprint density at radius 2 is 1.86 bits per heavy atom. The van der Waals surface area contributed by atoms with Crippen LogP contribution in [0.15, 0.2) is 34.2 Å². The molecule has 0 bridgehead atoms. The summed E-state index contributed by atoms with van der Waals surface area (Å²) in [4.78, 5) is 52.7. The highest BCUT2D eigenvalue weighted by atomic mass is 35.5. The number of sulfonamides is 1. The number of nitrogens with two attached hydrogens (primary N) is 2. The van der Waals surface area contributed by atoms with Crippen molar-refractivity contribution in [1.82, 2.24) is 24.5 Å². The van der Waals surface area contributed by atoms with E-state index in [1.54, 1.807) is 24.0 Å². The number of anilines is 2. The summed E-state index contributed by atoms with van der Waals surface area (Å²) >= 11 is 5.89. The predicted molar refractivity (Wildman–Crippen MR) is 162 cm³/mol. The third-order valence-electron chi connectivity index (χ3n) is 8.28. The van der Waals surface area contributed by atoms with Gasteiger partial charge in [-0.3, -0.25) is 19.4 Å². The topological polar surface area (TPSA) is 203 Å². The molecule has 1 spiro atoms. The monoisotopic (exact) mass is 646 g/mol. The van der Waals surface area contributed by atoms with Gasteiger partial charge in [0.2, 0.25) is 10.0 Å². The summed E-state index contributed by atoms with van der Waals surface area (Å²) < 4.78 is 33.3. The average Bonchev–Trinajstić information content (AvgIpc) is 3.40. The van der Waals surface area contributed by atoms with Gasteiger partial charge in [-0.25, -0.2) is 18.4 Å². The van der Waals surface area contributed by atoms with Crippen molar-refractivity contribution in [3.8, 4) is 0 Å². The SMILES string of the molecule is CCOC(=O)C1CCCN(S(=O)(=O)c2cccc(C(=O)N3CCC4(CCC(NC(=O)c5nc(Cl)c(N)nc5N)=N4)CC3)c2)C1. The maximum absolute atomic E-state index is 13.5. The Kier molecular flexibility index (Phi) is 9.09. The number of piperidine rings is 2. The Labute approximate surface area is 260 Å². The first-order valence-corrected chi connectivity index (χ1v) is 16.3. The molecule has 0 radical (unpaired) electrons. The van der Waals surface area contributed by atoms with E-state index in [2.05, 4.69) is 15.3 Å². The number of nitrogens with zero attached hydrogens (tertiary/aromatic N) is 5. The van der Waals surface area contributed by atoms with E-state index < -0.39 is 33.4 Å². The summed E-state index contributed by atoms with van der Waals surface area (Å²) in [5, 5.41) is 2.62. The van der Waals surface area contributed by atoms with Crippen LogP contribution in [0.1, 0.15) is 66.3 Å². The molecule has 5 rings (SSSR count). The van der Waals surface area contributed by atoms with E-state index in [0.717, 1.165) is 0 Å². The number of halogens is 1. The molecule has 44 heavy (non-hydrogen) atoms. The highest BCUT2D eigenvalue weighted by Crippen LogP contribution is 2.36. The Morgan fingerprint density at radius 1 is 1.11 bits per heavy atom. The number of nitrogens with one attached hydrogen (secondary N) is 1. The molecule has 5 N–H and O–H groups in total. The van der Waals surface area contributed by atoms with Gasteiger partial charge in [-0.15, -0.1) is 0 Å². The maximum Gasteiger partial charge on any atom is 0.310 e.